The van der Waals surface area contributed by atoms with Crippen molar-refractivity contribution >= 4 is 17.3 Å². The molecular weight excluding hydrogens is 212 g/mol. The molecule has 0 radical (unpaired) electrons. The summed E-state index contributed by atoms with van der Waals surface area (Å²) in [5.41, 5.74) is 2.06. The van der Waals surface area contributed by atoms with E-state index in [1.54, 1.807) is 30.7 Å². The molecule has 1 rings (SSSR count). The van der Waals surface area contributed by atoms with E-state index < -0.39 is 11.4 Å². The van der Waals surface area contributed by atoms with E-state index >= 15 is 0 Å². The van der Waals surface area contributed by atoms with Gasteiger partial charge in [-0.15, -0.1) is 11.3 Å². The average Bonchev–Trinajstić information content (AvgIpc) is 2.54. The second-order valence-corrected chi connectivity index (χ2v) is 5.06. The third-order valence-corrected chi connectivity index (χ3v) is 2.79. The maximum absolute atomic E-state index is 10.9. The average molecular weight is 228 g/mol. The Morgan fingerprint density at radius 2 is 2.33 bits per heavy atom. The Morgan fingerprint density at radius 1 is 1.67 bits per heavy atom. The van der Waals surface area contributed by atoms with E-state index in [1.807, 2.05) is 17.3 Å². The van der Waals surface area contributed by atoms with E-state index in [-0.39, 0.29) is 0 Å². The van der Waals surface area contributed by atoms with Crippen molar-refractivity contribution in [3.63, 3.8) is 0 Å². The molecular formula is C10H16N2O2S. The van der Waals surface area contributed by atoms with Gasteiger partial charge in [0.15, 0.2) is 0 Å². The molecule has 0 saturated carbocycles. The number of thiazole rings is 1. The summed E-state index contributed by atoms with van der Waals surface area (Å²) in [4.78, 5) is 17.1. The number of hydrogen-bond acceptors (Lipinski definition) is 4. The van der Waals surface area contributed by atoms with Crippen LogP contribution in [0, 0.1) is 5.41 Å². The highest BCUT2D eigenvalue weighted by atomic mass is 32.1. The van der Waals surface area contributed by atoms with Crippen molar-refractivity contribution in [3.8, 4) is 0 Å². The molecule has 1 aromatic heterocycles. The molecule has 1 N–H and O–H groups in total. The van der Waals surface area contributed by atoms with Gasteiger partial charge in [-0.05, 0) is 20.9 Å². The highest BCUT2D eigenvalue weighted by Gasteiger charge is 2.28. The zero-order valence-corrected chi connectivity index (χ0v) is 10.0. The molecule has 5 heteroatoms. The van der Waals surface area contributed by atoms with Crippen molar-refractivity contribution < 1.29 is 9.90 Å². The van der Waals surface area contributed by atoms with Gasteiger partial charge in [0.2, 0.25) is 0 Å². The molecule has 0 bridgehead atoms. The molecule has 1 aromatic rings. The van der Waals surface area contributed by atoms with Crippen LogP contribution in [-0.4, -0.2) is 34.6 Å². The third kappa shape index (κ3) is 3.60. The zero-order chi connectivity index (χ0) is 11.5. The lowest BCUT2D eigenvalue weighted by molar-refractivity contribution is -0.147. The van der Waals surface area contributed by atoms with Crippen LogP contribution in [0.4, 0.5) is 0 Å². The minimum Gasteiger partial charge on any atom is -0.481 e. The quantitative estimate of drug-likeness (QED) is 0.833. The summed E-state index contributed by atoms with van der Waals surface area (Å²) in [7, 11) is 1.91. The summed E-state index contributed by atoms with van der Waals surface area (Å²) in [6.07, 6.45) is 0. The van der Waals surface area contributed by atoms with Gasteiger partial charge in [0, 0.05) is 18.5 Å². The van der Waals surface area contributed by atoms with E-state index in [0.717, 1.165) is 5.69 Å². The van der Waals surface area contributed by atoms with Crippen LogP contribution in [0.15, 0.2) is 10.9 Å². The van der Waals surface area contributed by atoms with Crippen LogP contribution in [0.5, 0.6) is 0 Å². The number of carbonyl (C=O) groups is 1. The molecule has 0 saturated heterocycles. The lowest BCUT2D eigenvalue weighted by Crippen LogP contribution is -2.36. The van der Waals surface area contributed by atoms with Gasteiger partial charge in [-0.3, -0.25) is 9.69 Å². The van der Waals surface area contributed by atoms with Gasteiger partial charge in [0.1, 0.15) is 0 Å². The minimum atomic E-state index is -0.771. The van der Waals surface area contributed by atoms with Crippen molar-refractivity contribution in [1.29, 1.82) is 0 Å². The molecule has 0 fully saturated rings. The van der Waals surface area contributed by atoms with E-state index in [2.05, 4.69) is 4.98 Å². The standard InChI is InChI=1S/C10H16N2O2S/c1-10(2,9(13)14)6-12(3)4-8-5-15-7-11-8/h5,7H,4,6H2,1-3H3,(H,13,14). The fraction of sp³-hybridized carbons (Fsp3) is 0.600. The van der Waals surface area contributed by atoms with Gasteiger partial charge < -0.3 is 5.11 Å². The lowest BCUT2D eigenvalue weighted by Gasteiger charge is -2.25. The van der Waals surface area contributed by atoms with Crippen LogP contribution in [0.2, 0.25) is 0 Å². The predicted octanol–water partition coefficient (Wildman–Crippen LogP) is 1.69. The molecule has 0 amide bonds. The first-order valence-electron chi connectivity index (χ1n) is 4.71. The molecule has 0 aliphatic heterocycles. The molecule has 0 spiro atoms. The predicted molar refractivity (Wildman–Crippen MR) is 59.9 cm³/mol. The van der Waals surface area contributed by atoms with Crippen molar-refractivity contribution in [2.45, 2.75) is 20.4 Å². The molecule has 0 aliphatic carbocycles. The number of nitrogens with zero attached hydrogens (tertiary/aromatic N) is 2. The van der Waals surface area contributed by atoms with Crippen molar-refractivity contribution in [1.82, 2.24) is 9.88 Å². The monoisotopic (exact) mass is 228 g/mol. The van der Waals surface area contributed by atoms with Crippen molar-refractivity contribution in [3.05, 3.63) is 16.6 Å². The zero-order valence-electron chi connectivity index (χ0n) is 9.23. The SMILES string of the molecule is CN(Cc1cscn1)CC(C)(C)C(=O)O. The number of rotatable bonds is 5. The topological polar surface area (TPSA) is 53.4 Å². The smallest absolute Gasteiger partial charge is 0.310 e. The number of carboxylic acid groups (broad SMARTS) is 1. The summed E-state index contributed by atoms with van der Waals surface area (Å²) in [6.45, 7) is 4.67. The van der Waals surface area contributed by atoms with Gasteiger partial charge in [-0.25, -0.2) is 4.98 Å². The van der Waals surface area contributed by atoms with Gasteiger partial charge >= 0.3 is 5.97 Å². The first-order valence-corrected chi connectivity index (χ1v) is 5.65. The Labute approximate surface area is 93.6 Å². The summed E-state index contributed by atoms with van der Waals surface area (Å²) in [5, 5.41) is 11.0. The molecule has 84 valence electrons. The van der Waals surface area contributed by atoms with Crippen molar-refractivity contribution in [2.75, 3.05) is 13.6 Å². The van der Waals surface area contributed by atoms with Gasteiger partial charge in [-0.2, -0.15) is 0 Å². The summed E-state index contributed by atoms with van der Waals surface area (Å²) < 4.78 is 0. The van der Waals surface area contributed by atoms with Crippen LogP contribution in [0.1, 0.15) is 19.5 Å². The van der Waals surface area contributed by atoms with Gasteiger partial charge in [0.25, 0.3) is 0 Å². The maximum Gasteiger partial charge on any atom is 0.310 e. The Kier molecular flexibility index (Phi) is 3.82. The number of aliphatic carboxylic acids is 1. The fourth-order valence-corrected chi connectivity index (χ4v) is 1.94. The molecule has 0 unspecified atom stereocenters. The molecule has 15 heavy (non-hydrogen) atoms. The molecule has 1 heterocycles. The third-order valence-electron chi connectivity index (χ3n) is 2.16. The van der Waals surface area contributed by atoms with E-state index in [9.17, 15) is 4.79 Å². The molecule has 0 atom stereocenters. The number of carboxylic acids is 1. The highest BCUT2D eigenvalue weighted by Crippen LogP contribution is 2.17. The molecule has 4 nitrogen and oxygen atoms in total. The summed E-state index contributed by atoms with van der Waals surface area (Å²) in [6, 6.07) is 0. The molecule has 0 aromatic carbocycles. The Hall–Kier alpha value is -0.940. The fourth-order valence-electron chi connectivity index (χ4n) is 1.39. The van der Waals surface area contributed by atoms with E-state index in [4.69, 9.17) is 5.11 Å². The van der Waals surface area contributed by atoms with Crippen molar-refractivity contribution in [2.24, 2.45) is 5.41 Å². The summed E-state index contributed by atoms with van der Waals surface area (Å²) in [5.74, 6) is -0.771. The first kappa shape index (κ1) is 12.1. The Balaban J connectivity index is 2.49. The molecule has 0 aliphatic rings. The second kappa shape index (κ2) is 4.72. The first-order chi connectivity index (χ1) is 6.92. The second-order valence-electron chi connectivity index (χ2n) is 4.34. The maximum atomic E-state index is 10.9. The summed E-state index contributed by atoms with van der Waals surface area (Å²) >= 11 is 1.55. The Bertz CT molecular complexity index is 322. The van der Waals surface area contributed by atoms with E-state index in [0.29, 0.717) is 13.1 Å². The normalized spacial score (nSPS) is 12.0. The van der Waals surface area contributed by atoms with Crippen LogP contribution in [0.3, 0.4) is 0 Å². The van der Waals surface area contributed by atoms with Gasteiger partial charge in [0.05, 0.1) is 16.6 Å². The number of aromatic nitrogens is 1. The van der Waals surface area contributed by atoms with E-state index in [1.165, 1.54) is 0 Å². The van der Waals surface area contributed by atoms with Gasteiger partial charge in [-0.1, -0.05) is 0 Å². The minimum absolute atomic E-state index is 0.514. The number of hydrogen-bond donors (Lipinski definition) is 1. The van der Waals surface area contributed by atoms with Crippen LogP contribution < -0.4 is 0 Å². The largest absolute Gasteiger partial charge is 0.481 e. The van der Waals surface area contributed by atoms with Crippen LogP contribution in [-0.2, 0) is 11.3 Å². The van der Waals surface area contributed by atoms with Crippen LogP contribution in [0.25, 0.3) is 0 Å². The van der Waals surface area contributed by atoms with Crippen LogP contribution >= 0.6 is 11.3 Å². The highest BCUT2D eigenvalue weighted by molar-refractivity contribution is 7.07. The lowest BCUT2D eigenvalue weighted by atomic mass is 9.93. The Morgan fingerprint density at radius 3 is 2.80 bits per heavy atom.